The first-order chi connectivity index (χ1) is 11.4. The van der Waals surface area contributed by atoms with Gasteiger partial charge in [-0.15, -0.1) is 0 Å². The maximum absolute atomic E-state index is 13.1. The van der Waals surface area contributed by atoms with Gasteiger partial charge in [0.1, 0.15) is 22.8 Å². The van der Waals surface area contributed by atoms with E-state index in [0.29, 0.717) is 22.3 Å². The van der Waals surface area contributed by atoms with E-state index in [-0.39, 0.29) is 22.9 Å². The number of furan rings is 1. The Bertz CT molecular complexity index is 1010. The molecule has 0 saturated carbocycles. The van der Waals surface area contributed by atoms with Crippen LogP contribution >= 0.6 is 0 Å². The predicted molar refractivity (Wildman–Crippen MR) is 91.2 cm³/mol. The van der Waals surface area contributed by atoms with E-state index in [4.69, 9.17) is 9.15 Å². The van der Waals surface area contributed by atoms with E-state index in [1.807, 2.05) is 0 Å². The summed E-state index contributed by atoms with van der Waals surface area (Å²) in [5.74, 6) is -0.0819. The van der Waals surface area contributed by atoms with Crippen LogP contribution in [0.5, 0.6) is 5.75 Å². The standard InChI is InChI=1S/C18H16O5S/c1-22-14-9-5-4-8-13(14)18(19)17-12-7-3-6-10-15(12)23-16(17)11-24(2,20)21/h3-10H,11H2,1-2H3. The summed E-state index contributed by atoms with van der Waals surface area (Å²) in [7, 11) is -1.87. The molecule has 0 radical (unpaired) electrons. The molecule has 0 atom stereocenters. The molecule has 0 bridgehead atoms. The van der Waals surface area contributed by atoms with Crippen molar-refractivity contribution >= 4 is 26.6 Å². The molecule has 3 rings (SSSR count). The van der Waals surface area contributed by atoms with E-state index in [1.165, 1.54) is 7.11 Å². The lowest BCUT2D eigenvalue weighted by Crippen LogP contribution is -2.08. The number of methoxy groups -OCH3 is 1. The highest BCUT2D eigenvalue weighted by atomic mass is 32.2. The number of fused-ring (bicyclic) bond motifs is 1. The summed E-state index contributed by atoms with van der Waals surface area (Å²) in [4.78, 5) is 13.1. The Balaban J connectivity index is 2.23. The Labute approximate surface area is 139 Å². The molecule has 0 aliphatic rings. The van der Waals surface area contributed by atoms with Crippen LogP contribution in [-0.2, 0) is 15.6 Å². The van der Waals surface area contributed by atoms with Crippen molar-refractivity contribution in [2.45, 2.75) is 5.75 Å². The summed E-state index contributed by atoms with van der Waals surface area (Å²) in [6, 6.07) is 13.8. The molecule has 1 heterocycles. The first-order valence-electron chi connectivity index (χ1n) is 7.26. The van der Waals surface area contributed by atoms with Gasteiger partial charge in [-0.1, -0.05) is 30.3 Å². The summed E-state index contributed by atoms with van der Waals surface area (Å²) in [6.07, 6.45) is 1.11. The number of carbonyl (C=O) groups excluding carboxylic acids is 1. The topological polar surface area (TPSA) is 73.6 Å². The lowest BCUT2D eigenvalue weighted by Gasteiger charge is -2.07. The van der Waals surface area contributed by atoms with E-state index in [2.05, 4.69) is 0 Å². The van der Waals surface area contributed by atoms with Gasteiger partial charge in [0.05, 0.1) is 18.2 Å². The SMILES string of the molecule is COc1ccccc1C(=O)c1c(CS(C)(=O)=O)oc2ccccc12. The molecule has 1 aromatic heterocycles. The Morgan fingerprint density at radius 3 is 2.46 bits per heavy atom. The van der Waals surface area contributed by atoms with Crippen molar-refractivity contribution < 1.29 is 22.4 Å². The van der Waals surface area contributed by atoms with Crippen LogP contribution in [0.2, 0.25) is 0 Å². The predicted octanol–water partition coefficient (Wildman–Crippen LogP) is 3.22. The van der Waals surface area contributed by atoms with Crippen LogP contribution in [-0.4, -0.2) is 27.6 Å². The molecule has 0 saturated heterocycles. The van der Waals surface area contributed by atoms with Gasteiger partial charge in [-0.2, -0.15) is 0 Å². The molecular weight excluding hydrogens is 328 g/mol. The molecule has 3 aromatic rings. The lowest BCUT2D eigenvalue weighted by molar-refractivity contribution is 0.103. The first-order valence-corrected chi connectivity index (χ1v) is 9.32. The molecule has 6 heteroatoms. The van der Waals surface area contributed by atoms with Crippen LogP contribution < -0.4 is 4.74 Å². The first kappa shape index (κ1) is 16.3. The quantitative estimate of drug-likeness (QED) is 0.665. The van der Waals surface area contributed by atoms with Crippen molar-refractivity contribution in [1.29, 1.82) is 0 Å². The Morgan fingerprint density at radius 2 is 1.75 bits per heavy atom. The minimum atomic E-state index is -3.36. The van der Waals surface area contributed by atoms with Crippen LogP contribution in [0.3, 0.4) is 0 Å². The van der Waals surface area contributed by atoms with Crippen molar-refractivity contribution in [3.63, 3.8) is 0 Å². The normalized spacial score (nSPS) is 11.6. The number of carbonyl (C=O) groups is 1. The van der Waals surface area contributed by atoms with Crippen LogP contribution in [0.15, 0.2) is 52.9 Å². The number of ketones is 1. The number of ether oxygens (including phenoxy) is 1. The maximum atomic E-state index is 13.1. The molecule has 5 nitrogen and oxygen atoms in total. The third-order valence-electron chi connectivity index (χ3n) is 3.64. The van der Waals surface area contributed by atoms with E-state index >= 15 is 0 Å². The smallest absolute Gasteiger partial charge is 0.200 e. The second-order valence-electron chi connectivity index (χ2n) is 5.50. The summed E-state index contributed by atoms with van der Waals surface area (Å²) in [5, 5.41) is 0.590. The van der Waals surface area contributed by atoms with Gasteiger partial charge in [-0.05, 0) is 18.2 Å². The van der Waals surface area contributed by atoms with Gasteiger partial charge < -0.3 is 9.15 Å². The number of rotatable bonds is 5. The number of sulfone groups is 1. The highest BCUT2D eigenvalue weighted by Crippen LogP contribution is 2.31. The lowest BCUT2D eigenvalue weighted by atomic mass is 10.00. The van der Waals surface area contributed by atoms with Crippen molar-refractivity contribution in [3.8, 4) is 5.75 Å². The van der Waals surface area contributed by atoms with E-state index in [9.17, 15) is 13.2 Å². The van der Waals surface area contributed by atoms with Gasteiger partial charge in [0.15, 0.2) is 9.84 Å². The van der Waals surface area contributed by atoms with Crippen molar-refractivity contribution in [1.82, 2.24) is 0 Å². The molecule has 0 amide bonds. The van der Waals surface area contributed by atoms with Gasteiger partial charge >= 0.3 is 0 Å². The van der Waals surface area contributed by atoms with Gasteiger partial charge in [-0.3, -0.25) is 4.79 Å². The van der Waals surface area contributed by atoms with Crippen molar-refractivity contribution in [2.24, 2.45) is 0 Å². The zero-order valence-corrected chi connectivity index (χ0v) is 14.1. The fourth-order valence-electron chi connectivity index (χ4n) is 2.65. The average molecular weight is 344 g/mol. The van der Waals surface area contributed by atoms with Gasteiger partial charge in [0.2, 0.25) is 5.78 Å². The summed E-state index contributed by atoms with van der Waals surface area (Å²) >= 11 is 0. The van der Waals surface area contributed by atoms with Gasteiger partial charge in [0, 0.05) is 11.6 Å². The molecule has 2 aromatic carbocycles. The molecule has 0 unspecified atom stereocenters. The zero-order chi connectivity index (χ0) is 17.3. The Morgan fingerprint density at radius 1 is 1.08 bits per heavy atom. The molecule has 124 valence electrons. The molecule has 24 heavy (non-hydrogen) atoms. The number of para-hydroxylation sites is 2. The van der Waals surface area contributed by atoms with Crippen LogP contribution in [0.4, 0.5) is 0 Å². The Hall–Kier alpha value is -2.60. The van der Waals surface area contributed by atoms with Gasteiger partial charge in [-0.25, -0.2) is 8.42 Å². The highest BCUT2D eigenvalue weighted by Gasteiger charge is 2.25. The zero-order valence-electron chi connectivity index (χ0n) is 13.3. The van der Waals surface area contributed by atoms with Crippen molar-refractivity contribution in [2.75, 3.05) is 13.4 Å². The molecule has 0 fully saturated rings. The van der Waals surface area contributed by atoms with Crippen LogP contribution in [0.1, 0.15) is 21.7 Å². The molecule has 0 aliphatic carbocycles. The number of hydrogen-bond acceptors (Lipinski definition) is 5. The molecule has 0 spiro atoms. The van der Waals surface area contributed by atoms with Crippen LogP contribution in [0, 0.1) is 0 Å². The summed E-state index contributed by atoms with van der Waals surface area (Å²) < 4.78 is 34.3. The highest BCUT2D eigenvalue weighted by molar-refractivity contribution is 7.89. The molecule has 0 N–H and O–H groups in total. The van der Waals surface area contributed by atoms with E-state index < -0.39 is 9.84 Å². The number of hydrogen-bond donors (Lipinski definition) is 0. The van der Waals surface area contributed by atoms with E-state index in [1.54, 1.807) is 48.5 Å². The van der Waals surface area contributed by atoms with Crippen molar-refractivity contribution in [3.05, 3.63) is 65.4 Å². The summed E-state index contributed by atoms with van der Waals surface area (Å²) in [5.41, 5.74) is 1.11. The second-order valence-corrected chi connectivity index (χ2v) is 7.64. The van der Waals surface area contributed by atoms with Gasteiger partial charge in [0.25, 0.3) is 0 Å². The fraction of sp³-hybridized carbons (Fsp3) is 0.167. The number of benzene rings is 2. The second kappa shape index (κ2) is 6.13. The largest absolute Gasteiger partial charge is 0.496 e. The van der Waals surface area contributed by atoms with E-state index in [0.717, 1.165) is 6.26 Å². The molecular formula is C18H16O5S. The third kappa shape index (κ3) is 3.05. The maximum Gasteiger partial charge on any atom is 0.200 e. The molecule has 0 aliphatic heterocycles. The average Bonchev–Trinajstić information content (AvgIpc) is 2.89. The summed E-state index contributed by atoms with van der Waals surface area (Å²) in [6.45, 7) is 0. The third-order valence-corrected chi connectivity index (χ3v) is 4.43. The Kier molecular flexibility index (Phi) is 4.15. The minimum Gasteiger partial charge on any atom is -0.496 e. The monoisotopic (exact) mass is 344 g/mol. The van der Waals surface area contributed by atoms with Crippen LogP contribution in [0.25, 0.3) is 11.0 Å². The fourth-order valence-corrected chi connectivity index (χ4v) is 3.33. The minimum absolute atomic E-state index is 0.148.